The van der Waals surface area contributed by atoms with E-state index >= 15 is 0 Å². The van der Waals surface area contributed by atoms with E-state index in [9.17, 15) is 4.79 Å². The fraction of sp³-hybridized carbons (Fsp3) is 0.429. The van der Waals surface area contributed by atoms with E-state index in [0.717, 1.165) is 0 Å². The molecule has 1 N–H and O–H groups in total. The van der Waals surface area contributed by atoms with Gasteiger partial charge in [-0.25, -0.2) is 4.79 Å². The molecule has 0 radical (unpaired) electrons. The molecular formula is C7H9NO3. The molecule has 1 atom stereocenters. The van der Waals surface area contributed by atoms with Crippen LogP contribution in [0.1, 0.15) is 6.42 Å². The van der Waals surface area contributed by atoms with Crippen LogP contribution >= 0.6 is 0 Å². The normalized spacial score (nSPS) is 22.6. The van der Waals surface area contributed by atoms with E-state index in [1.165, 1.54) is 13.3 Å². The van der Waals surface area contributed by atoms with Crippen LogP contribution in [0, 0.1) is 0 Å². The van der Waals surface area contributed by atoms with Gasteiger partial charge in [0.25, 0.3) is 0 Å². The van der Waals surface area contributed by atoms with E-state index in [0.29, 0.717) is 12.2 Å². The maximum atomic E-state index is 10.4. The average molecular weight is 155 g/mol. The van der Waals surface area contributed by atoms with E-state index in [1.54, 1.807) is 6.08 Å². The number of ether oxygens (including phenoxy) is 1. The van der Waals surface area contributed by atoms with Crippen LogP contribution in [0.5, 0.6) is 0 Å². The van der Waals surface area contributed by atoms with E-state index in [1.807, 2.05) is 0 Å². The maximum Gasteiger partial charge on any atom is 0.328 e. The second-order valence-electron chi connectivity index (χ2n) is 2.19. The van der Waals surface area contributed by atoms with Crippen molar-refractivity contribution in [3.63, 3.8) is 0 Å². The van der Waals surface area contributed by atoms with Gasteiger partial charge < -0.3 is 9.84 Å². The summed E-state index contributed by atoms with van der Waals surface area (Å²) in [4.78, 5) is 14.2. The zero-order chi connectivity index (χ0) is 8.27. The van der Waals surface area contributed by atoms with Crippen molar-refractivity contribution in [2.45, 2.75) is 12.5 Å². The molecule has 0 aliphatic carbocycles. The summed E-state index contributed by atoms with van der Waals surface area (Å²) in [6, 6.07) is -0.671. The number of carboxylic acids is 1. The van der Waals surface area contributed by atoms with Crippen LogP contribution in [-0.4, -0.2) is 30.4 Å². The van der Waals surface area contributed by atoms with Crippen LogP contribution in [0.4, 0.5) is 0 Å². The Morgan fingerprint density at radius 1 is 1.91 bits per heavy atom. The van der Waals surface area contributed by atoms with E-state index in [-0.39, 0.29) is 0 Å². The van der Waals surface area contributed by atoms with Crippen molar-refractivity contribution in [2.75, 3.05) is 7.11 Å². The van der Waals surface area contributed by atoms with E-state index in [2.05, 4.69) is 4.99 Å². The lowest BCUT2D eigenvalue weighted by atomic mass is 10.1. The fourth-order valence-corrected chi connectivity index (χ4v) is 0.844. The number of allylic oxidation sites excluding steroid dienone is 1. The molecule has 1 aliphatic rings. The van der Waals surface area contributed by atoms with Crippen molar-refractivity contribution in [2.24, 2.45) is 4.99 Å². The first kappa shape index (κ1) is 7.78. The number of hydrogen-bond donors (Lipinski definition) is 1. The van der Waals surface area contributed by atoms with Crippen LogP contribution in [0.15, 0.2) is 16.8 Å². The van der Waals surface area contributed by atoms with Gasteiger partial charge in [-0.05, 0) is 6.08 Å². The summed E-state index contributed by atoms with van der Waals surface area (Å²) in [6.07, 6.45) is 3.48. The third kappa shape index (κ3) is 1.80. The highest BCUT2D eigenvalue weighted by Gasteiger charge is 2.19. The Morgan fingerprint density at radius 3 is 3.18 bits per heavy atom. The lowest BCUT2D eigenvalue weighted by molar-refractivity contribution is -0.138. The predicted octanol–water partition coefficient (Wildman–Crippen LogP) is 0.444. The summed E-state index contributed by atoms with van der Waals surface area (Å²) < 4.78 is 4.88. The molecule has 0 spiro atoms. The van der Waals surface area contributed by atoms with Gasteiger partial charge in [-0.1, -0.05) is 0 Å². The van der Waals surface area contributed by atoms with Crippen molar-refractivity contribution in [3.05, 3.63) is 11.8 Å². The molecular weight excluding hydrogens is 146 g/mol. The predicted molar refractivity (Wildman–Crippen MR) is 39.6 cm³/mol. The third-order valence-electron chi connectivity index (χ3n) is 1.47. The topological polar surface area (TPSA) is 58.9 Å². The van der Waals surface area contributed by atoms with Crippen molar-refractivity contribution in [1.82, 2.24) is 0 Å². The highest BCUT2D eigenvalue weighted by Crippen LogP contribution is 2.12. The van der Waals surface area contributed by atoms with Crippen molar-refractivity contribution >= 4 is 12.2 Å². The van der Waals surface area contributed by atoms with Crippen molar-refractivity contribution in [1.29, 1.82) is 0 Å². The largest absolute Gasteiger partial charge is 0.501 e. The van der Waals surface area contributed by atoms with Crippen molar-refractivity contribution in [3.8, 4) is 0 Å². The number of aliphatic carboxylic acids is 1. The van der Waals surface area contributed by atoms with Gasteiger partial charge in [0.2, 0.25) is 0 Å². The first-order valence-electron chi connectivity index (χ1n) is 3.23. The second kappa shape index (κ2) is 3.18. The van der Waals surface area contributed by atoms with Gasteiger partial charge in [-0.15, -0.1) is 0 Å². The number of carbonyl (C=O) groups is 1. The quantitative estimate of drug-likeness (QED) is 0.629. The van der Waals surface area contributed by atoms with E-state index < -0.39 is 12.0 Å². The molecule has 4 nitrogen and oxygen atoms in total. The highest BCUT2D eigenvalue weighted by molar-refractivity contribution is 5.81. The Labute approximate surface area is 64.2 Å². The van der Waals surface area contributed by atoms with Gasteiger partial charge in [-0.2, -0.15) is 0 Å². The molecule has 1 aliphatic heterocycles. The van der Waals surface area contributed by atoms with Gasteiger partial charge in [0.05, 0.1) is 12.9 Å². The number of aliphatic imine (C=N–C) groups is 1. The molecule has 1 heterocycles. The Hall–Kier alpha value is -1.32. The summed E-state index contributed by atoms with van der Waals surface area (Å²) in [5.74, 6) is -0.253. The van der Waals surface area contributed by atoms with Crippen LogP contribution in [0.25, 0.3) is 0 Å². The minimum Gasteiger partial charge on any atom is -0.501 e. The van der Waals surface area contributed by atoms with E-state index in [4.69, 9.17) is 9.84 Å². The summed E-state index contributed by atoms with van der Waals surface area (Å²) in [5, 5.41) is 8.56. The van der Waals surface area contributed by atoms with Gasteiger partial charge in [0.15, 0.2) is 6.04 Å². The first-order valence-corrected chi connectivity index (χ1v) is 3.23. The Bertz CT molecular complexity index is 220. The third-order valence-corrected chi connectivity index (χ3v) is 1.47. The molecule has 0 aromatic carbocycles. The highest BCUT2D eigenvalue weighted by atomic mass is 16.5. The standard InChI is InChI=1S/C7H9NO3/c1-11-5-2-3-8-6(4-5)7(9)10/h2-3,6H,4H2,1H3,(H,9,10). The van der Waals surface area contributed by atoms with Gasteiger partial charge in [0.1, 0.15) is 0 Å². The number of nitrogens with zero attached hydrogens (tertiary/aromatic N) is 1. The minimum absolute atomic E-state index is 0.350. The first-order chi connectivity index (χ1) is 5.24. The zero-order valence-corrected chi connectivity index (χ0v) is 6.15. The smallest absolute Gasteiger partial charge is 0.328 e. The molecule has 4 heteroatoms. The Balaban J connectivity index is 2.62. The van der Waals surface area contributed by atoms with Crippen LogP contribution < -0.4 is 0 Å². The number of hydrogen-bond acceptors (Lipinski definition) is 3. The molecule has 0 aromatic rings. The SMILES string of the molecule is COC1=CC=NC(C(=O)O)C1. The molecule has 0 fully saturated rings. The van der Waals surface area contributed by atoms with Crippen LogP contribution in [-0.2, 0) is 9.53 Å². The monoisotopic (exact) mass is 155 g/mol. The number of carboxylic acid groups (broad SMARTS) is 1. The lowest BCUT2D eigenvalue weighted by Gasteiger charge is -2.12. The molecule has 1 rings (SSSR count). The van der Waals surface area contributed by atoms with Gasteiger partial charge in [-0.3, -0.25) is 4.99 Å². The summed E-state index contributed by atoms with van der Waals surface area (Å²) in [7, 11) is 1.52. The number of rotatable bonds is 2. The Kier molecular flexibility index (Phi) is 2.25. The molecule has 0 aromatic heterocycles. The van der Waals surface area contributed by atoms with Crippen LogP contribution in [0.3, 0.4) is 0 Å². The van der Waals surface area contributed by atoms with Crippen molar-refractivity contribution < 1.29 is 14.6 Å². The second-order valence-corrected chi connectivity index (χ2v) is 2.19. The average Bonchev–Trinajstić information content (AvgIpc) is 2.05. The lowest BCUT2D eigenvalue weighted by Crippen LogP contribution is -2.21. The maximum absolute atomic E-state index is 10.4. The van der Waals surface area contributed by atoms with Gasteiger partial charge in [0, 0.05) is 12.6 Å². The summed E-state index contributed by atoms with van der Waals surface area (Å²) in [6.45, 7) is 0. The molecule has 0 saturated heterocycles. The number of methoxy groups -OCH3 is 1. The molecule has 1 unspecified atom stereocenters. The molecule has 0 amide bonds. The summed E-state index contributed by atoms with van der Waals surface area (Å²) >= 11 is 0. The molecule has 11 heavy (non-hydrogen) atoms. The zero-order valence-electron chi connectivity index (χ0n) is 6.15. The molecule has 0 bridgehead atoms. The molecule has 0 saturated carbocycles. The van der Waals surface area contributed by atoms with Crippen LogP contribution in [0.2, 0.25) is 0 Å². The van der Waals surface area contributed by atoms with Gasteiger partial charge >= 0.3 is 5.97 Å². The molecule has 60 valence electrons. The Morgan fingerprint density at radius 2 is 2.64 bits per heavy atom. The number of dihydropyridines is 1. The fourth-order valence-electron chi connectivity index (χ4n) is 0.844. The summed E-state index contributed by atoms with van der Waals surface area (Å²) in [5.41, 5.74) is 0. The minimum atomic E-state index is -0.913.